The van der Waals surface area contributed by atoms with Gasteiger partial charge in [-0.2, -0.15) is 5.26 Å². The average Bonchev–Trinajstić information content (AvgIpc) is 3.69. The van der Waals surface area contributed by atoms with Gasteiger partial charge in [0, 0.05) is 19.2 Å². The monoisotopic (exact) mass is 470 g/mol. The highest BCUT2D eigenvalue weighted by Gasteiger charge is 2.20. The molecule has 1 aliphatic carbocycles. The van der Waals surface area contributed by atoms with E-state index in [2.05, 4.69) is 11.4 Å². The summed E-state index contributed by atoms with van der Waals surface area (Å²) in [6.07, 6.45) is 2.59. The summed E-state index contributed by atoms with van der Waals surface area (Å²) in [5.74, 6) is 3.13. The number of hydrogen-bond donors (Lipinski definition) is 2. The van der Waals surface area contributed by atoms with Gasteiger partial charge in [-0.05, 0) is 61.6 Å². The van der Waals surface area contributed by atoms with Crippen molar-refractivity contribution in [2.24, 2.45) is 5.92 Å². The van der Waals surface area contributed by atoms with E-state index in [9.17, 15) is 10.4 Å². The largest absolute Gasteiger partial charge is 0.493 e. The molecule has 2 N–H and O–H groups in total. The molecule has 1 unspecified atom stereocenters. The fourth-order valence-electron chi connectivity index (χ4n) is 3.35. The van der Waals surface area contributed by atoms with Crippen molar-refractivity contribution < 1.29 is 28.8 Å². The maximum atomic E-state index is 10.2. The van der Waals surface area contributed by atoms with Crippen LogP contribution in [0.15, 0.2) is 36.4 Å². The van der Waals surface area contributed by atoms with E-state index in [1.54, 1.807) is 32.4 Å². The third kappa shape index (κ3) is 8.41. The molecule has 1 fully saturated rings. The molecule has 1 aliphatic rings. The lowest BCUT2D eigenvalue weighted by Gasteiger charge is -2.15. The summed E-state index contributed by atoms with van der Waals surface area (Å²) >= 11 is 0. The van der Waals surface area contributed by atoms with E-state index < -0.39 is 6.10 Å². The number of nitriles is 1. The quantitative estimate of drug-likeness (QED) is 0.361. The van der Waals surface area contributed by atoms with E-state index in [0.717, 1.165) is 24.5 Å². The van der Waals surface area contributed by atoms with Gasteiger partial charge in [0.15, 0.2) is 11.5 Å². The fourth-order valence-corrected chi connectivity index (χ4v) is 3.35. The van der Waals surface area contributed by atoms with Crippen molar-refractivity contribution in [3.63, 3.8) is 0 Å². The van der Waals surface area contributed by atoms with Gasteiger partial charge in [0.2, 0.25) is 0 Å². The molecule has 0 spiro atoms. The smallest absolute Gasteiger partial charge is 0.160 e. The maximum Gasteiger partial charge on any atom is 0.160 e. The van der Waals surface area contributed by atoms with Gasteiger partial charge in [-0.3, -0.25) is 0 Å². The highest BCUT2D eigenvalue weighted by Crippen LogP contribution is 2.29. The fraction of sp³-hybridized carbons (Fsp3) is 0.500. The first-order valence-corrected chi connectivity index (χ1v) is 11.6. The Morgan fingerprint density at radius 3 is 2.56 bits per heavy atom. The van der Waals surface area contributed by atoms with Gasteiger partial charge in [-0.25, -0.2) is 0 Å². The Kier molecular flexibility index (Phi) is 10.3. The highest BCUT2D eigenvalue weighted by molar-refractivity contribution is 5.47. The highest BCUT2D eigenvalue weighted by atomic mass is 16.5. The number of nitrogens with zero attached hydrogens (tertiary/aromatic N) is 1. The number of nitrogens with one attached hydrogen (secondary N) is 1. The van der Waals surface area contributed by atoms with Crippen LogP contribution in [-0.2, 0) is 11.2 Å². The second-order valence-electron chi connectivity index (χ2n) is 8.24. The topological polar surface area (TPSA) is 102 Å². The van der Waals surface area contributed by atoms with Gasteiger partial charge in [-0.1, -0.05) is 6.07 Å². The van der Waals surface area contributed by atoms with Crippen LogP contribution < -0.4 is 24.3 Å². The second-order valence-corrected chi connectivity index (χ2v) is 8.24. The van der Waals surface area contributed by atoms with Crippen LogP contribution in [0.3, 0.4) is 0 Å². The maximum absolute atomic E-state index is 10.2. The average molecular weight is 471 g/mol. The van der Waals surface area contributed by atoms with Crippen molar-refractivity contribution >= 4 is 0 Å². The van der Waals surface area contributed by atoms with E-state index in [1.807, 2.05) is 18.2 Å². The lowest BCUT2D eigenvalue weighted by atomic mass is 10.1. The number of benzene rings is 2. The zero-order chi connectivity index (χ0) is 24.2. The lowest BCUT2D eigenvalue weighted by Crippen LogP contribution is -2.32. The molecule has 0 bridgehead atoms. The molecule has 0 heterocycles. The van der Waals surface area contributed by atoms with E-state index in [0.29, 0.717) is 54.9 Å². The SMILES string of the molecule is COc1ccc(CCNCC(O)COc2ccc(OCCOCC3CC3)cc2C#N)cc1OC. The molecule has 2 aromatic rings. The van der Waals surface area contributed by atoms with Gasteiger partial charge >= 0.3 is 0 Å². The van der Waals surface area contributed by atoms with Crippen molar-refractivity contribution in [3.05, 3.63) is 47.5 Å². The molecule has 1 saturated carbocycles. The Labute approximate surface area is 201 Å². The van der Waals surface area contributed by atoms with Crippen LogP contribution in [0.4, 0.5) is 0 Å². The number of methoxy groups -OCH3 is 2. The van der Waals surface area contributed by atoms with Crippen molar-refractivity contribution in [2.45, 2.75) is 25.4 Å². The standard InChI is InChI=1S/C26H34N2O6/c1-30-25-7-5-19(13-26(25)31-2)9-10-28-16-22(29)18-34-24-8-6-23(14-21(24)15-27)33-12-11-32-17-20-3-4-20/h5-8,13-14,20,22,28-29H,3-4,9-12,16-18H2,1-2H3. The van der Waals surface area contributed by atoms with Crippen molar-refractivity contribution in [3.8, 4) is 29.1 Å². The zero-order valence-corrected chi connectivity index (χ0v) is 19.9. The third-order valence-electron chi connectivity index (χ3n) is 5.47. The Bertz CT molecular complexity index is 941. The van der Waals surface area contributed by atoms with Crippen LogP contribution in [0, 0.1) is 17.2 Å². The summed E-state index contributed by atoms with van der Waals surface area (Å²) in [6.45, 7) is 2.90. The predicted molar refractivity (Wildman–Crippen MR) is 128 cm³/mol. The zero-order valence-electron chi connectivity index (χ0n) is 19.9. The minimum absolute atomic E-state index is 0.0766. The molecule has 0 aliphatic heterocycles. The number of rotatable bonds is 16. The molecule has 184 valence electrons. The first kappa shape index (κ1) is 25.6. The molecule has 0 radical (unpaired) electrons. The summed E-state index contributed by atoms with van der Waals surface area (Å²) in [6, 6.07) is 13.0. The van der Waals surface area contributed by atoms with Gasteiger partial charge in [0.05, 0.1) is 26.4 Å². The van der Waals surface area contributed by atoms with E-state index in [4.69, 9.17) is 23.7 Å². The van der Waals surface area contributed by atoms with Crippen LogP contribution in [0.5, 0.6) is 23.0 Å². The third-order valence-corrected chi connectivity index (χ3v) is 5.47. The normalized spacial score (nSPS) is 13.7. The molecule has 8 heteroatoms. The predicted octanol–water partition coefficient (Wildman–Crippen LogP) is 2.95. The summed E-state index contributed by atoms with van der Waals surface area (Å²) in [5.41, 5.74) is 1.47. The minimum Gasteiger partial charge on any atom is -0.493 e. The molecule has 3 rings (SSSR count). The first-order chi connectivity index (χ1) is 16.6. The molecule has 1 atom stereocenters. The van der Waals surface area contributed by atoms with E-state index >= 15 is 0 Å². The Hall–Kier alpha value is -2.99. The first-order valence-electron chi connectivity index (χ1n) is 11.6. The molecule has 0 saturated heterocycles. The summed E-state index contributed by atoms with van der Waals surface area (Å²) < 4.78 is 27.4. The minimum atomic E-state index is -0.712. The van der Waals surface area contributed by atoms with Gasteiger partial charge in [0.25, 0.3) is 0 Å². The van der Waals surface area contributed by atoms with E-state index in [-0.39, 0.29) is 6.61 Å². The van der Waals surface area contributed by atoms with Gasteiger partial charge < -0.3 is 34.1 Å². The summed E-state index contributed by atoms with van der Waals surface area (Å²) in [7, 11) is 3.22. The lowest BCUT2D eigenvalue weighted by molar-refractivity contribution is 0.0926. The van der Waals surface area contributed by atoms with Crippen LogP contribution >= 0.6 is 0 Å². The Balaban J connectivity index is 1.34. The van der Waals surface area contributed by atoms with Crippen LogP contribution in [-0.4, -0.2) is 64.9 Å². The molecule has 34 heavy (non-hydrogen) atoms. The number of hydrogen-bond acceptors (Lipinski definition) is 8. The van der Waals surface area contributed by atoms with Gasteiger partial charge in [0.1, 0.15) is 36.9 Å². The summed E-state index contributed by atoms with van der Waals surface area (Å²) in [5, 5.41) is 22.9. The van der Waals surface area contributed by atoms with Crippen molar-refractivity contribution in [1.29, 1.82) is 5.26 Å². The number of aliphatic hydroxyl groups is 1. The molecule has 0 aromatic heterocycles. The van der Waals surface area contributed by atoms with Crippen LogP contribution in [0.2, 0.25) is 0 Å². The second kappa shape index (κ2) is 13.7. The Morgan fingerprint density at radius 1 is 1.03 bits per heavy atom. The molecule has 0 amide bonds. The molecular weight excluding hydrogens is 436 g/mol. The molecule has 2 aromatic carbocycles. The van der Waals surface area contributed by atoms with Crippen LogP contribution in [0.25, 0.3) is 0 Å². The van der Waals surface area contributed by atoms with Crippen LogP contribution in [0.1, 0.15) is 24.0 Å². The van der Waals surface area contributed by atoms with Crippen molar-refractivity contribution in [2.75, 3.05) is 53.7 Å². The molecule has 8 nitrogen and oxygen atoms in total. The molecular formula is C26H34N2O6. The number of aliphatic hydroxyl groups excluding tert-OH is 1. The van der Waals surface area contributed by atoms with E-state index in [1.165, 1.54) is 12.8 Å². The summed E-state index contributed by atoms with van der Waals surface area (Å²) in [4.78, 5) is 0. The van der Waals surface area contributed by atoms with Crippen molar-refractivity contribution in [1.82, 2.24) is 5.32 Å². The van der Waals surface area contributed by atoms with Gasteiger partial charge in [-0.15, -0.1) is 0 Å². The number of ether oxygens (including phenoxy) is 5. The Morgan fingerprint density at radius 2 is 1.82 bits per heavy atom.